The van der Waals surface area contributed by atoms with Crippen LogP contribution >= 0.6 is 11.6 Å². The van der Waals surface area contributed by atoms with Crippen LogP contribution in [0.15, 0.2) is 72.9 Å². The molecule has 132 valence electrons. The Morgan fingerprint density at radius 1 is 1.04 bits per heavy atom. The number of carbonyl (C=O) groups is 1. The molecule has 4 nitrogen and oxygen atoms in total. The Bertz CT molecular complexity index is 849. The van der Waals surface area contributed by atoms with Crippen molar-refractivity contribution in [1.82, 2.24) is 4.98 Å². The van der Waals surface area contributed by atoms with E-state index in [0.29, 0.717) is 5.69 Å². The minimum absolute atomic E-state index is 0.135. The summed E-state index contributed by atoms with van der Waals surface area (Å²) in [4.78, 5) is 18.4. The highest BCUT2D eigenvalue weighted by atomic mass is 35.5. The third kappa shape index (κ3) is 4.61. The Balaban J connectivity index is 1.56. The lowest BCUT2D eigenvalue weighted by Crippen LogP contribution is -2.26. The molecule has 3 aromatic rings. The molecule has 0 radical (unpaired) electrons. The van der Waals surface area contributed by atoms with Crippen molar-refractivity contribution in [2.24, 2.45) is 0 Å². The van der Waals surface area contributed by atoms with Crippen LogP contribution in [0, 0.1) is 0 Å². The van der Waals surface area contributed by atoms with Gasteiger partial charge < -0.3 is 10.2 Å². The van der Waals surface area contributed by atoms with Gasteiger partial charge in [-0.1, -0.05) is 41.9 Å². The van der Waals surface area contributed by atoms with E-state index in [1.54, 1.807) is 24.2 Å². The van der Waals surface area contributed by atoms with Gasteiger partial charge in [-0.2, -0.15) is 0 Å². The zero-order valence-electron chi connectivity index (χ0n) is 14.5. The zero-order chi connectivity index (χ0) is 18.4. The van der Waals surface area contributed by atoms with Crippen molar-refractivity contribution in [2.45, 2.75) is 6.42 Å². The number of amides is 1. The molecular weight excluding hydrogens is 346 g/mol. The predicted octanol–water partition coefficient (Wildman–Crippen LogP) is 4.67. The molecule has 0 aliphatic rings. The van der Waals surface area contributed by atoms with Gasteiger partial charge in [-0.05, 0) is 48.4 Å². The van der Waals surface area contributed by atoms with Gasteiger partial charge in [0.2, 0.25) is 0 Å². The van der Waals surface area contributed by atoms with Crippen molar-refractivity contribution in [2.75, 3.05) is 23.8 Å². The molecule has 1 heterocycles. The van der Waals surface area contributed by atoms with Gasteiger partial charge in [0.05, 0.1) is 11.9 Å². The van der Waals surface area contributed by atoms with Crippen LogP contribution in [0.25, 0.3) is 0 Å². The lowest BCUT2D eigenvalue weighted by atomic mass is 10.1. The number of hydrogen-bond donors (Lipinski definition) is 1. The number of nitrogens with one attached hydrogen (secondary N) is 1. The Hall–Kier alpha value is -2.85. The molecule has 0 bridgehead atoms. The van der Waals surface area contributed by atoms with Gasteiger partial charge in [0.25, 0.3) is 5.91 Å². The van der Waals surface area contributed by atoms with Gasteiger partial charge in [-0.15, -0.1) is 0 Å². The third-order valence-corrected chi connectivity index (χ3v) is 4.34. The number of pyridine rings is 1. The van der Waals surface area contributed by atoms with Crippen molar-refractivity contribution >= 4 is 28.9 Å². The quantitative estimate of drug-likeness (QED) is 0.690. The molecule has 1 N–H and O–H groups in total. The van der Waals surface area contributed by atoms with Crippen LogP contribution in [0.4, 0.5) is 11.4 Å². The second-order valence-electron chi connectivity index (χ2n) is 5.94. The first-order valence-corrected chi connectivity index (χ1v) is 8.79. The number of rotatable bonds is 6. The highest BCUT2D eigenvalue weighted by Gasteiger charge is 2.14. The summed E-state index contributed by atoms with van der Waals surface area (Å²) in [6, 6.07) is 20.9. The normalized spacial score (nSPS) is 10.4. The van der Waals surface area contributed by atoms with E-state index in [9.17, 15) is 4.79 Å². The summed E-state index contributed by atoms with van der Waals surface area (Å²) >= 11 is 5.89. The second-order valence-corrected chi connectivity index (χ2v) is 6.37. The SMILES string of the molecule is CN(C(=O)c1ccc(NCCc2ccc(Cl)cc2)cn1)c1ccccc1. The van der Waals surface area contributed by atoms with E-state index in [-0.39, 0.29) is 5.91 Å². The fourth-order valence-electron chi connectivity index (χ4n) is 2.57. The van der Waals surface area contributed by atoms with Crippen molar-refractivity contribution in [3.05, 3.63) is 89.2 Å². The summed E-state index contributed by atoms with van der Waals surface area (Å²) in [5.41, 5.74) is 3.35. The maximum absolute atomic E-state index is 12.5. The molecular formula is C21H20ClN3O. The number of anilines is 2. The van der Waals surface area contributed by atoms with Gasteiger partial charge in [0, 0.05) is 24.3 Å². The van der Waals surface area contributed by atoms with Gasteiger partial charge in [-0.25, -0.2) is 4.98 Å². The number of halogens is 1. The lowest BCUT2D eigenvalue weighted by molar-refractivity contribution is 0.0988. The van der Waals surface area contributed by atoms with Crippen molar-refractivity contribution in [1.29, 1.82) is 0 Å². The molecule has 0 saturated carbocycles. The maximum Gasteiger partial charge on any atom is 0.276 e. The van der Waals surface area contributed by atoms with Crippen LogP contribution in [-0.4, -0.2) is 24.5 Å². The van der Waals surface area contributed by atoms with Crippen LogP contribution in [0.1, 0.15) is 16.1 Å². The van der Waals surface area contributed by atoms with E-state index in [4.69, 9.17) is 11.6 Å². The first-order valence-electron chi connectivity index (χ1n) is 8.41. The van der Waals surface area contributed by atoms with E-state index >= 15 is 0 Å². The number of hydrogen-bond acceptors (Lipinski definition) is 3. The first-order chi connectivity index (χ1) is 12.6. The van der Waals surface area contributed by atoms with Crippen LogP contribution in [0.3, 0.4) is 0 Å². The molecule has 0 spiro atoms. The molecule has 0 unspecified atom stereocenters. The molecule has 5 heteroatoms. The summed E-state index contributed by atoms with van der Waals surface area (Å²) in [6.45, 7) is 0.778. The highest BCUT2D eigenvalue weighted by molar-refractivity contribution is 6.30. The molecule has 3 rings (SSSR count). The molecule has 26 heavy (non-hydrogen) atoms. The number of nitrogens with zero attached hydrogens (tertiary/aromatic N) is 2. The highest BCUT2D eigenvalue weighted by Crippen LogP contribution is 2.15. The molecule has 1 aromatic heterocycles. The number of aromatic nitrogens is 1. The number of benzene rings is 2. The number of carbonyl (C=O) groups excluding carboxylic acids is 1. The Kier molecular flexibility index (Phi) is 5.87. The van der Waals surface area contributed by atoms with Crippen LogP contribution in [0.2, 0.25) is 5.02 Å². The Labute approximate surface area is 158 Å². The molecule has 0 aliphatic heterocycles. The summed E-state index contributed by atoms with van der Waals surface area (Å²) in [5.74, 6) is -0.135. The molecule has 0 saturated heterocycles. The summed E-state index contributed by atoms with van der Waals surface area (Å²) in [6.07, 6.45) is 2.57. The van der Waals surface area contributed by atoms with E-state index < -0.39 is 0 Å². The van der Waals surface area contributed by atoms with Crippen molar-refractivity contribution < 1.29 is 4.79 Å². The van der Waals surface area contributed by atoms with Crippen LogP contribution in [0.5, 0.6) is 0 Å². The molecule has 0 atom stereocenters. The van der Waals surface area contributed by atoms with Crippen LogP contribution < -0.4 is 10.2 Å². The average Bonchev–Trinajstić information content (AvgIpc) is 2.69. The summed E-state index contributed by atoms with van der Waals surface area (Å²) in [5, 5.41) is 4.06. The summed E-state index contributed by atoms with van der Waals surface area (Å²) in [7, 11) is 1.75. The van der Waals surface area contributed by atoms with Gasteiger partial charge in [-0.3, -0.25) is 4.79 Å². The largest absolute Gasteiger partial charge is 0.383 e. The number of para-hydroxylation sites is 1. The first kappa shape index (κ1) is 18.0. The van der Waals surface area contributed by atoms with E-state index in [2.05, 4.69) is 10.3 Å². The monoisotopic (exact) mass is 365 g/mol. The van der Waals surface area contributed by atoms with Gasteiger partial charge in [0.15, 0.2) is 0 Å². The molecule has 0 aliphatic carbocycles. The van der Waals surface area contributed by atoms with Gasteiger partial charge >= 0.3 is 0 Å². The zero-order valence-corrected chi connectivity index (χ0v) is 15.3. The van der Waals surface area contributed by atoms with Crippen molar-refractivity contribution in [3.8, 4) is 0 Å². The fourth-order valence-corrected chi connectivity index (χ4v) is 2.69. The lowest BCUT2D eigenvalue weighted by Gasteiger charge is -2.16. The fraction of sp³-hybridized carbons (Fsp3) is 0.143. The van der Waals surface area contributed by atoms with Gasteiger partial charge in [0.1, 0.15) is 5.69 Å². The Morgan fingerprint density at radius 2 is 1.77 bits per heavy atom. The topological polar surface area (TPSA) is 45.2 Å². The van der Waals surface area contributed by atoms with E-state index in [0.717, 1.165) is 29.4 Å². The summed E-state index contributed by atoms with van der Waals surface area (Å²) < 4.78 is 0. The predicted molar refractivity (Wildman–Crippen MR) is 107 cm³/mol. The average molecular weight is 366 g/mol. The van der Waals surface area contributed by atoms with E-state index in [1.165, 1.54) is 5.56 Å². The van der Waals surface area contributed by atoms with E-state index in [1.807, 2.05) is 60.7 Å². The van der Waals surface area contributed by atoms with Crippen molar-refractivity contribution in [3.63, 3.8) is 0 Å². The second kappa shape index (κ2) is 8.50. The molecule has 0 fully saturated rings. The smallest absolute Gasteiger partial charge is 0.276 e. The minimum atomic E-state index is -0.135. The minimum Gasteiger partial charge on any atom is -0.383 e. The van der Waals surface area contributed by atoms with Crippen LogP contribution in [-0.2, 0) is 6.42 Å². The molecule has 2 aromatic carbocycles. The maximum atomic E-state index is 12.5. The Morgan fingerprint density at radius 3 is 2.42 bits per heavy atom. The molecule has 1 amide bonds. The third-order valence-electron chi connectivity index (χ3n) is 4.09. The standard InChI is InChI=1S/C21H20ClN3O/c1-25(19-5-3-2-4-6-19)21(26)20-12-11-18(15-24-20)23-14-13-16-7-9-17(22)10-8-16/h2-12,15,23H,13-14H2,1H3.